The molecule has 0 radical (unpaired) electrons. The van der Waals surface area contributed by atoms with Crippen LogP contribution in [0.5, 0.6) is 0 Å². The molecule has 0 bridgehead atoms. The first-order chi connectivity index (χ1) is 11.0. The molecule has 6 heteroatoms. The van der Waals surface area contributed by atoms with Crippen molar-refractivity contribution >= 4 is 5.91 Å². The molecule has 1 aromatic carbocycles. The fraction of sp³-hybridized carbons (Fsp3) is 0.353. The average Bonchev–Trinajstić information content (AvgIpc) is 3.32. The molecule has 0 atom stereocenters. The normalized spacial score (nSPS) is 13.8. The number of rotatable bonds is 5. The van der Waals surface area contributed by atoms with Gasteiger partial charge in [0.1, 0.15) is 6.54 Å². The van der Waals surface area contributed by atoms with Crippen molar-refractivity contribution in [2.45, 2.75) is 38.9 Å². The van der Waals surface area contributed by atoms with Gasteiger partial charge >= 0.3 is 5.69 Å². The summed E-state index contributed by atoms with van der Waals surface area (Å²) in [5.41, 5.74) is 1.15. The van der Waals surface area contributed by atoms with Crippen LogP contribution >= 0.6 is 0 Å². The van der Waals surface area contributed by atoms with Crippen LogP contribution < -0.4 is 16.6 Å². The first kappa shape index (κ1) is 15.3. The Morgan fingerprint density at radius 3 is 2.65 bits per heavy atom. The topological polar surface area (TPSA) is 73.1 Å². The fourth-order valence-electron chi connectivity index (χ4n) is 2.44. The van der Waals surface area contributed by atoms with E-state index in [9.17, 15) is 14.4 Å². The number of aromatic nitrogens is 2. The lowest BCUT2D eigenvalue weighted by Gasteiger charge is -2.11. The highest BCUT2D eigenvalue weighted by Gasteiger charge is 2.23. The van der Waals surface area contributed by atoms with Crippen LogP contribution in [0.1, 0.15) is 24.0 Å². The van der Waals surface area contributed by atoms with Gasteiger partial charge in [-0.2, -0.15) is 0 Å². The van der Waals surface area contributed by atoms with E-state index in [2.05, 4.69) is 5.32 Å². The standard InChI is InChI=1S/C17H19N3O3/c1-12-4-2-3-5-13(12)10-19-9-8-16(22)20(17(19)23)11-15(21)18-14-6-7-14/h2-5,8-9,14H,6-7,10-11H2,1H3,(H,18,21). The van der Waals surface area contributed by atoms with Crippen LogP contribution in [0, 0.1) is 6.92 Å². The van der Waals surface area contributed by atoms with E-state index in [1.807, 2.05) is 31.2 Å². The molecule has 1 aliphatic carbocycles. The molecule has 6 nitrogen and oxygen atoms in total. The SMILES string of the molecule is Cc1ccccc1Cn1ccc(=O)n(CC(=O)NC2CC2)c1=O. The molecule has 1 amide bonds. The fourth-order valence-corrected chi connectivity index (χ4v) is 2.44. The summed E-state index contributed by atoms with van der Waals surface area (Å²) in [6.07, 6.45) is 3.41. The third-order valence-corrected chi connectivity index (χ3v) is 3.99. The Hall–Kier alpha value is -2.63. The predicted octanol–water partition coefficient (Wildman–Crippen LogP) is 0.645. The average molecular weight is 313 g/mol. The Morgan fingerprint density at radius 1 is 1.22 bits per heavy atom. The van der Waals surface area contributed by atoms with Crippen LogP contribution in [0.15, 0.2) is 46.1 Å². The maximum absolute atomic E-state index is 12.5. The van der Waals surface area contributed by atoms with Crippen LogP contribution in [-0.2, 0) is 17.9 Å². The molecule has 1 aliphatic rings. The summed E-state index contributed by atoms with van der Waals surface area (Å²) >= 11 is 0. The second-order valence-corrected chi connectivity index (χ2v) is 5.92. The van der Waals surface area contributed by atoms with E-state index in [0.717, 1.165) is 28.5 Å². The maximum Gasteiger partial charge on any atom is 0.331 e. The van der Waals surface area contributed by atoms with E-state index >= 15 is 0 Å². The maximum atomic E-state index is 12.5. The lowest BCUT2D eigenvalue weighted by atomic mass is 10.1. The second-order valence-electron chi connectivity index (χ2n) is 5.92. The van der Waals surface area contributed by atoms with Crippen molar-refractivity contribution in [2.24, 2.45) is 0 Å². The van der Waals surface area contributed by atoms with E-state index in [-0.39, 0.29) is 18.5 Å². The molecule has 0 spiro atoms. The Morgan fingerprint density at radius 2 is 1.96 bits per heavy atom. The van der Waals surface area contributed by atoms with Gasteiger partial charge < -0.3 is 5.32 Å². The number of aryl methyl sites for hydroxylation is 1. The van der Waals surface area contributed by atoms with Gasteiger partial charge in [-0.05, 0) is 30.9 Å². The van der Waals surface area contributed by atoms with Crippen LogP contribution in [0.4, 0.5) is 0 Å². The summed E-state index contributed by atoms with van der Waals surface area (Å²) in [6, 6.07) is 9.29. The van der Waals surface area contributed by atoms with Gasteiger partial charge in [-0.3, -0.25) is 18.7 Å². The number of nitrogens with one attached hydrogen (secondary N) is 1. The Labute approximate surface area is 133 Å². The number of carbonyl (C=O) groups is 1. The smallest absolute Gasteiger partial charge is 0.331 e. The molecule has 0 aliphatic heterocycles. The van der Waals surface area contributed by atoms with E-state index in [1.54, 1.807) is 0 Å². The summed E-state index contributed by atoms with van der Waals surface area (Å²) in [5.74, 6) is -0.291. The highest BCUT2D eigenvalue weighted by Crippen LogP contribution is 2.18. The molecule has 23 heavy (non-hydrogen) atoms. The highest BCUT2D eigenvalue weighted by atomic mass is 16.2. The van der Waals surface area contributed by atoms with E-state index in [1.165, 1.54) is 16.8 Å². The Kier molecular flexibility index (Phi) is 4.14. The lowest BCUT2D eigenvalue weighted by Crippen LogP contribution is -2.43. The minimum absolute atomic E-state index is 0.205. The number of amides is 1. The number of benzene rings is 1. The second kappa shape index (κ2) is 6.24. The van der Waals surface area contributed by atoms with Gasteiger partial charge in [0.05, 0.1) is 6.54 Å². The first-order valence-electron chi connectivity index (χ1n) is 7.69. The molecule has 1 N–H and O–H groups in total. The summed E-state index contributed by atoms with van der Waals surface area (Å²) in [4.78, 5) is 36.3. The van der Waals surface area contributed by atoms with Gasteiger partial charge in [0, 0.05) is 18.3 Å². The zero-order valence-electron chi connectivity index (χ0n) is 13.0. The molecule has 1 aromatic heterocycles. The quantitative estimate of drug-likeness (QED) is 0.880. The molecule has 3 rings (SSSR count). The molecular formula is C17H19N3O3. The van der Waals surface area contributed by atoms with Crippen molar-refractivity contribution in [3.8, 4) is 0 Å². The minimum atomic E-state index is -0.466. The van der Waals surface area contributed by atoms with Crippen LogP contribution in [-0.4, -0.2) is 21.1 Å². The molecule has 2 aromatic rings. The molecule has 1 saturated carbocycles. The predicted molar refractivity (Wildman–Crippen MR) is 86.4 cm³/mol. The van der Waals surface area contributed by atoms with Crippen molar-refractivity contribution in [3.05, 3.63) is 68.5 Å². The Bertz CT molecular complexity index is 847. The molecule has 0 saturated heterocycles. The van der Waals surface area contributed by atoms with E-state index in [4.69, 9.17) is 0 Å². The van der Waals surface area contributed by atoms with Gasteiger partial charge in [0.25, 0.3) is 5.56 Å². The summed E-state index contributed by atoms with van der Waals surface area (Å²) in [7, 11) is 0. The summed E-state index contributed by atoms with van der Waals surface area (Å²) < 4.78 is 2.43. The van der Waals surface area contributed by atoms with E-state index in [0.29, 0.717) is 6.54 Å². The third kappa shape index (κ3) is 3.59. The molecular weight excluding hydrogens is 294 g/mol. The number of nitrogens with zero attached hydrogens (tertiary/aromatic N) is 2. The number of hydrogen-bond donors (Lipinski definition) is 1. The van der Waals surface area contributed by atoms with Gasteiger partial charge in [-0.15, -0.1) is 0 Å². The Balaban J connectivity index is 1.86. The monoisotopic (exact) mass is 313 g/mol. The van der Waals surface area contributed by atoms with Crippen molar-refractivity contribution in [1.82, 2.24) is 14.5 Å². The molecule has 0 unspecified atom stereocenters. The van der Waals surface area contributed by atoms with Gasteiger partial charge in [-0.25, -0.2) is 4.79 Å². The highest BCUT2D eigenvalue weighted by molar-refractivity contribution is 5.76. The number of hydrogen-bond acceptors (Lipinski definition) is 3. The van der Waals surface area contributed by atoms with Gasteiger partial charge in [-0.1, -0.05) is 24.3 Å². The van der Waals surface area contributed by atoms with Gasteiger partial charge in [0.15, 0.2) is 0 Å². The molecule has 1 fully saturated rings. The summed E-state index contributed by atoms with van der Waals surface area (Å²) in [6.45, 7) is 2.11. The lowest BCUT2D eigenvalue weighted by molar-refractivity contribution is -0.121. The zero-order chi connectivity index (χ0) is 16.4. The van der Waals surface area contributed by atoms with E-state index < -0.39 is 11.2 Å². The van der Waals surface area contributed by atoms with Crippen LogP contribution in [0.25, 0.3) is 0 Å². The van der Waals surface area contributed by atoms with Crippen molar-refractivity contribution < 1.29 is 4.79 Å². The van der Waals surface area contributed by atoms with Crippen LogP contribution in [0.3, 0.4) is 0 Å². The zero-order valence-corrected chi connectivity index (χ0v) is 13.0. The summed E-state index contributed by atoms with van der Waals surface area (Å²) in [5, 5.41) is 2.79. The van der Waals surface area contributed by atoms with Crippen molar-refractivity contribution in [3.63, 3.8) is 0 Å². The van der Waals surface area contributed by atoms with Crippen molar-refractivity contribution in [1.29, 1.82) is 0 Å². The van der Waals surface area contributed by atoms with Crippen LogP contribution in [0.2, 0.25) is 0 Å². The largest absolute Gasteiger partial charge is 0.352 e. The van der Waals surface area contributed by atoms with Gasteiger partial charge in [0.2, 0.25) is 5.91 Å². The first-order valence-corrected chi connectivity index (χ1v) is 7.69. The number of carbonyl (C=O) groups excluding carboxylic acids is 1. The third-order valence-electron chi connectivity index (χ3n) is 3.99. The molecule has 120 valence electrons. The van der Waals surface area contributed by atoms with Crippen molar-refractivity contribution in [2.75, 3.05) is 0 Å². The minimum Gasteiger partial charge on any atom is -0.352 e. The molecule has 1 heterocycles.